The van der Waals surface area contributed by atoms with Gasteiger partial charge in [0.25, 0.3) is 0 Å². The number of nitrogens with zero attached hydrogens (tertiary/aromatic N) is 4. The van der Waals surface area contributed by atoms with Crippen LogP contribution in [0.3, 0.4) is 0 Å². The molecule has 2 heterocycles. The number of nitrogens with two attached hydrogens (primary N) is 1. The first-order valence-electron chi connectivity index (χ1n) is 3.24. The molecule has 0 radical (unpaired) electrons. The van der Waals surface area contributed by atoms with Crippen LogP contribution in [0.4, 0.5) is 11.6 Å². The van der Waals surface area contributed by atoms with E-state index in [2.05, 4.69) is 31.9 Å². The number of aromatic amines is 1. The van der Waals surface area contributed by atoms with Crippen molar-refractivity contribution < 1.29 is 0 Å². The van der Waals surface area contributed by atoms with Gasteiger partial charge in [0.15, 0.2) is 11.5 Å². The van der Waals surface area contributed by atoms with E-state index in [-0.39, 0.29) is 0 Å². The summed E-state index contributed by atoms with van der Waals surface area (Å²) in [5.74, 6) is 0.791. The zero-order chi connectivity index (χ0) is 8.55. The molecule has 2 aromatic heterocycles. The topological polar surface area (TPSA) is 92.8 Å². The quantitative estimate of drug-likeness (QED) is 0.588. The Morgan fingerprint density at radius 2 is 2.33 bits per heavy atom. The van der Waals surface area contributed by atoms with Crippen LogP contribution in [0.25, 0.3) is 11.0 Å². The minimum absolute atomic E-state index is 0.358. The Morgan fingerprint density at radius 1 is 1.50 bits per heavy atom. The van der Waals surface area contributed by atoms with Crippen molar-refractivity contribution in [2.24, 2.45) is 4.99 Å². The fourth-order valence-electron chi connectivity index (χ4n) is 0.981. The number of H-pyrrole nitrogens is 1. The van der Waals surface area contributed by atoms with E-state index in [1.807, 2.05) is 0 Å². The highest BCUT2D eigenvalue weighted by Crippen LogP contribution is 2.24. The number of aliphatic imine (C=N–C) groups is 1. The molecular weight excluding hydrogens is 156 g/mol. The van der Waals surface area contributed by atoms with E-state index in [4.69, 9.17) is 5.73 Å². The van der Waals surface area contributed by atoms with Gasteiger partial charge < -0.3 is 5.73 Å². The van der Waals surface area contributed by atoms with Crippen LogP contribution in [0.1, 0.15) is 0 Å². The van der Waals surface area contributed by atoms with Gasteiger partial charge in [-0.05, 0) is 6.72 Å². The van der Waals surface area contributed by atoms with Gasteiger partial charge in [0.1, 0.15) is 17.5 Å². The summed E-state index contributed by atoms with van der Waals surface area (Å²) in [5, 5.41) is 7.12. The third kappa shape index (κ3) is 0.746. The number of nitrogen functional groups attached to an aromatic ring is 1. The molecule has 0 aliphatic rings. The fourth-order valence-corrected chi connectivity index (χ4v) is 0.981. The summed E-state index contributed by atoms with van der Waals surface area (Å²) in [6.45, 7) is 3.35. The van der Waals surface area contributed by atoms with Crippen LogP contribution in [0.5, 0.6) is 0 Å². The first kappa shape index (κ1) is 6.71. The summed E-state index contributed by atoms with van der Waals surface area (Å²) in [5.41, 5.74) is 6.15. The standard InChI is InChI=1S/C6H6N6/c1-8-5-3-4(7)9-2-10-6(3)12-11-5/h2H,1H2,(H3,7,9,10,11,12). The average Bonchev–Trinajstić information content (AvgIpc) is 2.49. The van der Waals surface area contributed by atoms with Crippen molar-refractivity contribution in [3.63, 3.8) is 0 Å². The van der Waals surface area contributed by atoms with E-state index < -0.39 is 0 Å². The molecule has 0 aromatic carbocycles. The van der Waals surface area contributed by atoms with E-state index in [9.17, 15) is 0 Å². The molecule has 0 saturated carbocycles. The SMILES string of the molecule is C=Nc1n[nH]c2ncnc(N)c12. The zero-order valence-electron chi connectivity index (χ0n) is 6.15. The molecular formula is C6H6N6. The second kappa shape index (κ2) is 2.26. The molecule has 60 valence electrons. The highest BCUT2D eigenvalue weighted by molar-refractivity contribution is 5.94. The Morgan fingerprint density at radius 3 is 3.08 bits per heavy atom. The molecule has 0 aliphatic heterocycles. The maximum atomic E-state index is 5.58. The highest BCUT2D eigenvalue weighted by Gasteiger charge is 2.07. The Bertz CT molecular complexity index is 431. The van der Waals surface area contributed by atoms with Crippen LogP contribution in [0.15, 0.2) is 11.3 Å². The maximum absolute atomic E-state index is 5.58. The van der Waals surface area contributed by atoms with Gasteiger partial charge in [0, 0.05) is 0 Å². The van der Waals surface area contributed by atoms with Crippen LogP contribution < -0.4 is 5.73 Å². The molecule has 0 spiro atoms. The number of fused-ring (bicyclic) bond motifs is 1. The van der Waals surface area contributed by atoms with Gasteiger partial charge >= 0.3 is 0 Å². The van der Waals surface area contributed by atoms with Crippen LogP contribution >= 0.6 is 0 Å². The van der Waals surface area contributed by atoms with Gasteiger partial charge in [-0.3, -0.25) is 5.10 Å². The van der Waals surface area contributed by atoms with Crippen molar-refractivity contribution in [3.8, 4) is 0 Å². The predicted octanol–water partition coefficient (Wildman–Crippen LogP) is 0.267. The maximum Gasteiger partial charge on any atom is 0.186 e. The molecule has 6 nitrogen and oxygen atoms in total. The van der Waals surface area contributed by atoms with E-state index in [0.29, 0.717) is 22.7 Å². The van der Waals surface area contributed by atoms with Crippen molar-refractivity contribution in [2.75, 3.05) is 5.73 Å². The molecule has 0 fully saturated rings. The summed E-state index contributed by atoms with van der Waals surface area (Å²) < 4.78 is 0. The minimum atomic E-state index is 0.358. The van der Waals surface area contributed by atoms with Crippen LogP contribution in [0, 0.1) is 0 Å². The predicted molar refractivity (Wildman–Crippen MR) is 45.3 cm³/mol. The summed E-state index contributed by atoms with van der Waals surface area (Å²) in [4.78, 5) is 11.4. The molecule has 0 unspecified atom stereocenters. The van der Waals surface area contributed by atoms with Gasteiger partial charge in [-0.25, -0.2) is 15.0 Å². The lowest BCUT2D eigenvalue weighted by atomic mass is 10.4. The van der Waals surface area contributed by atoms with Gasteiger partial charge in [-0.15, -0.1) is 0 Å². The molecule has 6 heteroatoms. The van der Waals surface area contributed by atoms with Gasteiger partial charge in [0.2, 0.25) is 0 Å². The number of rotatable bonds is 1. The minimum Gasteiger partial charge on any atom is -0.383 e. The summed E-state index contributed by atoms with van der Waals surface area (Å²) in [6, 6.07) is 0. The summed E-state index contributed by atoms with van der Waals surface area (Å²) in [7, 11) is 0. The Kier molecular flexibility index (Phi) is 1.26. The largest absolute Gasteiger partial charge is 0.383 e. The molecule has 2 aromatic rings. The number of anilines is 1. The van der Waals surface area contributed by atoms with E-state index in [0.717, 1.165) is 0 Å². The van der Waals surface area contributed by atoms with Crippen LogP contribution in [0.2, 0.25) is 0 Å². The highest BCUT2D eigenvalue weighted by atomic mass is 15.2. The van der Waals surface area contributed by atoms with Crippen molar-refractivity contribution in [3.05, 3.63) is 6.33 Å². The molecule has 0 atom stereocenters. The second-order valence-electron chi connectivity index (χ2n) is 2.19. The van der Waals surface area contributed by atoms with E-state index >= 15 is 0 Å². The molecule has 0 bridgehead atoms. The smallest absolute Gasteiger partial charge is 0.186 e. The zero-order valence-corrected chi connectivity index (χ0v) is 6.15. The van der Waals surface area contributed by atoms with Gasteiger partial charge in [-0.1, -0.05) is 0 Å². The third-order valence-electron chi connectivity index (χ3n) is 1.52. The van der Waals surface area contributed by atoms with E-state index in [1.54, 1.807) is 0 Å². The van der Waals surface area contributed by atoms with Crippen LogP contribution in [-0.4, -0.2) is 26.9 Å². The molecule has 3 N–H and O–H groups in total. The van der Waals surface area contributed by atoms with Crippen molar-refractivity contribution >= 4 is 29.4 Å². The number of nitrogens with one attached hydrogen (secondary N) is 1. The average molecular weight is 162 g/mol. The summed E-state index contributed by atoms with van der Waals surface area (Å²) >= 11 is 0. The summed E-state index contributed by atoms with van der Waals surface area (Å²) in [6.07, 6.45) is 1.36. The van der Waals surface area contributed by atoms with E-state index in [1.165, 1.54) is 6.33 Å². The van der Waals surface area contributed by atoms with Gasteiger partial charge in [0.05, 0.1) is 0 Å². The first-order chi connectivity index (χ1) is 5.83. The van der Waals surface area contributed by atoms with Crippen molar-refractivity contribution in [2.45, 2.75) is 0 Å². The first-order valence-corrected chi connectivity index (χ1v) is 3.24. The molecule has 0 saturated heterocycles. The molecule has 2 rings (SSSR count). The molecule has 12 heavy (non-hydrogen) atoms. The van der Waals surface area contributed by atoms with Crippen LogP contribution in [-0.2, 0) is 0 Å². The monoisotopic (exact) mass is 162 g/mol. The molecule has 0 amide bonds. The lowest BCUT2D eigenvalue weighted by Crippen LogP contribution is -1.91. The number of hydrogen-bond acceptors (Lipinski definition) is 5. The van der Waals surface area contributed by atoms with Crippen molar-refractivity contribution in [1.29, 1.82) is 0 Å². The Balaban J connectivity index is 2.91. The van der Waals surface area contributed by atoms with Gasteiger partial charge in [-0.2, -0.15) is 5.10 Å². The van der Waals surface area contributed by atoms with Crippen molar-refractivity contribution in [1.82, 2.24) is 20.2 Å². The lowest BCUT2D eigenvalue weighted by molar-refractivity contribution is 1.08. The second-order valence-corrected chi connectivity index (χ2v) is 2.19. The Hall–Kier alpha value is -1.98. The third-order valence-corrected chi connectivity index (χ3v) is 1.52. The normalized spacial score (nSPS) is 10.3. The molecule has 0 aliphatic carbocycles. The number of aromatic nitrogens is 4. The fraction of sp³-hybridized carbons (Fsp3) is 0. The Labute approximate surface area is 67.5 Å². The number of hydrogen-bond donors (Lipinski definition) is 2. The lowest BCUT2D eigenvalue weighted by Gasteiger charge is -1.91.